The normalized spacial score (nSPS) is 25.8. The molecule has 4 heteroatoms. The van der Waals surface area contributed by atoms with Crippen LogP contribution < -0.4 is 0 Å². The third-order valence-electron chi connectivity index (χ3n) is 2.83. The lowest BCUT2D eigenvalue weighted by Crippen LogP contribution is -2.69. The van der Waals surface area contributed by atoms with E-state index in [1.165, 1.54) is 7.11 Å². The zero-order valence-electron chi connectivity index (χ0n) is 10.1. The van der Waals surface area contributed by atoms with Gasteiger partial charge in [-0.05, 0) is 6.42 Å². The van der Waals surface area contributed by atoms with Gasteiger partial charge in [-0.2, -0.15) is 0 Å². The van der Waals surface area contributed by atoms with Gasteiger partial charge in [-0.3, -0.25) is 4.79 Å². The van der Waals surface area contributed by atoms with E-state index in [1.807, 2.05) is 6.08 Å². The van der Waals surface area contributed by atoms with E-state index in [0.29, 0.717) is 13.0 Å². The van der Waals surface area contributed by atoms with E-state index in [2.05, 4.69) is 13.2 Å². The van der Waals surface area contributed by atoms with Gasteiger partial charge in [-0.1, -0.05) is 30.9 Å². The molecule has 0 unspecified atom stereocenters. The molecule has 94 valence electrons. The molecule has 1 saturated heterocycles. The highest BCUT2D eigenvalue weighted by Gasteiger charge is 2.50. The highest BCUT2D eigenvalue weighted by Crippen LogP contribution is 2.26. The fourth-order valence-corrected chi connectivity index (χ4v) is 1.98. The molecule has 1 heterocycles. The van der Waals surface area contributed by atoms with Crippen molar-refractivity contribution >= 4 is 5.91 Å². The zero-order valence-corrected chi connectivity index (χ0v) is 10.1. The van der Waals surface area contributed by atoms with Crippen LogP contribution in [0.4, 0.5) is 0 Å². The molecular weight excluding hydrogens is 218 g/mol. The molecule has 3 atom stereocenters. The van der Waals surface area contributed by atoms with Crippen LogP contribution in [0.2, 0.25) is 0 Å². The van der Waals surface area contributed by atoms with Crippen molar-refractivity contribution in [2.75, 3.05) is 13.7 Å². The Morgan fingerprint density at radius 2 is 2.29 bits per heavy atom. The average Bonchev–Trinajstić information content (AvgIpc) is 2.31. The van der Waals surface area contributed by atoms with Crippen LogP contribution in [-0.2, 0) is 9.53 Å². The molecule has 1 aliphatic rings. The van der Waals surface area contributed by atoms with Gasteiger partial charge in [0.1, 0.15) is 0 Å². The fourth-order valence-electron chi connectivity index (χ4n) is 1.98. The second kappa shape index (κ2) is 6.37. The number of β-lactam (4-membered cyclic amide) rings is 1. The summed E-state index contributed by atoms with van der Waals surface area (Å²) < 4.78 is 5.09. The van der Waals surface area contributed by atoms with Gasteiger partial charge in [-0.15, -0.1) is 6.58 Å². The predicted octanol–water partition coefficient (Wildman–Crippen LogP) is 0.891. The molecule has 0 saturated carbocycles. The minimum atomic E-state index is -0.632. The van der Waals surface area contributed by atoms with Gasteiger partial charge >= 0.3 is 0 Å². The molecule has 4 nitrogen and oxygen atoms in total. The van der Waals surface area contributed by atoms with Crippen LogP contribution in [0.3, 0.4) is 0 Å². The predicted molar refractivity (Wildman–Crippen MR) is 66.5 cm³/mol. The maximum atomic E-state index is 11.7. The molecule has 17 heavy (non-hydrogen) atoms. The van der Waals surface area contributed by atoms with Gasteiger partial charge in [0.25, 0.3) is 5.91 Å². The number of hydrogen-bond acceptors (Lipinski definition) is 3. The van der Waals surface area contributed by atoms with E-state index in [9.17, 15) is 9.90 Å². The van der Waals surface area contributed by atoms with E-state index in [1.54, 1.807) is 23.1 Å². The Hall–Kier alpha value is -1.39. The van der Waals surface area contributed by atoms with Crippen molar-refractivity contribution in [2.45, 2.75) is 24.7 Å². The molecule has 1 rings (SSSR count). The molecule has 0 aromatic rings. The highest BCUT2D eigenvalue weighted by molar-refractivity contribution is 5.88. The first-order valence-corrected chi connectivity index (χ1v) is 5.57. The Bertz CT molecular complexity index is 325. The Morgan fingerprint density at radius 1 is 1.59 bits per heavy atom. The third-order valence-corrected chi connectivity index (χ3v) is 2.83. The molecule has 1 aliphatic heterocycles. The van der Waals surface area contributed by atoms with Crippen molar-refractivity contribution < 1.29 is 14.6 Å². The number of likely N-dealkylation sites (tertiary alicyclic amines) is 1. The standard InChI is InChI=1S/C13H19NO3/c1-4-6-7-9-14-11(10(15)8-5-2)12(17-3)13(14)16/h4-7,10-12,15H,1-2,8-9H2,3H3/b7-6+/t10-,11+,12-/m1/s1. The number of methoxy groups -OCH3 is 1. The fraction of sp³-hybridized carbons (Fsp3) is 0.462. The van der Waals surface area contributed by atoms with Gasteiger partial charge in [-0.25, -0.2) is 0 Å². The largest absolute Gasteiger partial charge is 0.391 e. The SMILES string of the molecule is C=C/C=C/CN1C(=O)[C@H](OC)[C@@H]1[C@H](O)CC=C. The van der Waals surface area contributed by atoms with Crippen LogP contribution in [0, 0.1) is 0 Å². The second-order valence-electron chi connectivity index (χ2n) is 3.89. The maximum Gasteiger partial charge on any atom is 0.254 e. The van der Waals surface area contributed by atoms with Crippen LogP contribution >= 0.6 is 0 Å². The van der Waals surface area contributed by atoms with E-state index in [-0.39, 0.29) is 11.9 Å². The topological polar surface area (TPSA) is 49.8 Å². The third kappa shape index (κ3) is 2.84. The summed E-state index contributed by atoms with van der Waals surface area (Å²) in [4.78, 5) is 13.3. The summed E-state index contributed by atoms with van der Waals surface area (Å²) in [5, 5.41) is 9.93. The molecule has 1 fully saturated rings. The molecule has 0 aliphatic carbocycles. The minimum Gasteiger partial charge on any atom is -0.391 e. The number of amides is 1. The quantitative estimate of drug-likeness (QED) is 0.406. The minimum absolute atomic E-state index is 0.0886. The summed E-state index contributed by atoms with van der Waals surface area (Å²) in [6.45, 7) is 7.60. The summed E-state index contributed by atoms with van der Waals surface area (Å²) in [6, 6.07) is -0.292. The van der Waals surface area contributed by atoms with Crippen LogP contribution in [0.5, 0.6) is 0 Å². The van der Waals surface area contributed by atoms with E-state index >= 15 is 0 Å². The first-order valence-electron chi connectivity index (χ1n) is 5.57. The van der Waals surface area contributed by atoms with Crippen molar-refractivity contribution in [1.29, 1.82) is 0 Å². The number of allylic oxidation sites excluding steroid dienone is 2. The smallest absolute Gasteiger partial charge is 0.254 e. The zero-order chi connectivity index (χ0) is 12.8. The molecular formula is C13H19NO3. The molecule has 0 bridgehead atoms. The van der Waals surface area contributed by atoms with Gasteiger partial charge < -0.3 is 14.7 Å². The summed E-state index contributed by atoms with van der Waals surface area (Å²) in [6.07, 6.45) is 6.15. The number of ether oxygens (including phenoxy) is 1. The Morgan fingerprint density at radius 3 is 2.82 bits per heavy atom. The average molecular weight is 237 g/mol. The second-order valence-corrected chi connectivity index (χ2v) is 3.89. The van der Waals surface area contributed by atoms with Crippen molar-refractivity contribution in [1.82, 2.24) is 4.90 Å². The molecule has 0 aromatic heterocycles. The first kappa shape index (κ1) is 13.7. The summed E-state index contributed by atoms with van der Waals surface area (Å²) >= 11 is 0. The number of aliphatic hydroxyl groups excluding tert-OH is 1. The van der Waals surface area contributed by atoms with Crippen molar-refractivity contribution in [3.05, 3.63) is 37.5 Å². The lowest BCUT2D eigenvalue weighted by atomic mass is 9.90. The number of hydrogen-bond donors (Lipinski definition) is 1. The first-order chi connectivity index (χ1) is 8.17. The molecule has 0 aromatic carbocycles. The number of rotatable bonds is 7. The van der Waals surface area contributed by atoms with Crippen LogP contribution in [-0.4, -0.2) is 47.8 Å². The maximum absolute atomic E-state index is 11.7. The van der Waals surface area contributed by atoms with E-state index < -0.39 is 12.2 Å². The summed E-state index contributed by atoms with van der Waals surface area (Å²) in [5.74, 6) is -0.0886. The Labute approximate surface area is 102 Å². The summed E-state index contributed by atoms with van der Waals surface area (Å²) in [5.41, 5.74) is 0. The van der Waals surface area contributed by atoms with Crippen LogP contribution in [0.25, 0.3) is 0 Å². The van der Waals surface area contributed by atoms with Gasteiger partial charge in [0.05, 0.1) is 12.1 Å². The molecule has 1 amide bonds. The Balaban J connectivity index is 2.67. The van der Waals surface area contributed by atoms with E-state index in [4.69, 9.17) is 4.74 Å². The van der Waals surface area contributed by atoms with E-state index in [0.717, 1.165) is 0 Å². The van der Waals surface area contributed by atoms with Crippen molar-refractivity contribution in [3.8, 4) is 0 Å². The van der Waals surface area contributed by atoms with Crippen LogP contribution in [0.15, 0.2) is 37.5 Å². The number of carbonyl (C=O) groups is 1. The number of aliphatic hydroxyl groups is 1. The number of nitrogens with zero attached hydrogens (tertiary/aromatic N) is 1. The van der Waals surface area contributed by atoms with Gasteiger partial charge in [0.15, 0.2) is 6.10 Å². The van der Waals surface area contributed by atoms with Crippen molar-refractivity contribution in [3.63, 3.8) is 0 Å². The monoisotopic (exact) mass is 237 g/mol. The highest BCUT2D eigenvalue weighted by atomic mass is 16.5. The van der Waals surface area contributed by atoms with Crippen molar-refractivity contribution in [2.24, 2.45) is 0 Å². The number of carbonyl (C=O) groups excluding carboxylic acids is 1. The lowest BCUT2D eigenvalue weighted by molar-refractivity contribution is -0.178. The molecule has 1 N–H and O–H groups in total. The molecule has 0 radical (unpaired) electrons. The molecule has 0 spiro atoms. The van der Waals surface area contributed by atoms with Gasteiger partial charge in [0, 0.05) is 13.7 Å². The van der Waals surface area contributed by atoms with Crippen LogP contribution in [0.1, 0.15) is 6.42 Å². The van der Waals surface area contributed by atoms with Gasteiger partial charge in [0.2, 0.25) is 0 Å². The lowest BCUT2D eigenvalue weighted by Gasteiger charge is -2.47. The summed E-state index contributed by atoms with van der Waals surface area (Å²) in [7, 11) is 1.48. The Kier molecular flexibility index (Phi) is 5.12.